The van der Waals surface area contributed by atoms with Crippen LogP contribution in [0.1, 0.15) is 12.5 Å². The summed E-state index contributed by atoms with van der Waals surface area (Å²) in [5, 5.41) is 4.37. The molecule has 0 unspecified atom stereocenters. The van der Waals surface area contributed by atoms with Crippen molar-refractivity contribution >= 4 is 63.1 Å². The van der Waals surface area contributed by atoms with Gasteiger partial charge >= 0.3 is 0 Å². The number of ether oxygens (including phenoxy) is 1. The van der Waals surface area contributed by atoms with Crippen LogP contribution in [0.5, 0.6) is 5.75 Å². The molecular formula is C14H15BrFIN2O2S. The van der Waals surface area contributed by atoms with Crippen LogP contribution in [0.2, 0.25) is 0 Å². The summed E-state index contributed by atoms with van der Waals surface area (Å²) < 4.78 is 21.4. The Labute approximate surface area is 153 Å². The van der Waals surface area contributed by atoms with E-state index in [4.69, 9.17) is 4.74 Å². The first kappa shape index (κ1) is 17.9. The van der Waals surface area contributed by atoms with Crippen molar-refractivity contribution in [3.8, 4) is 5.75 Å². The van der Waals surface area contributed by atoms with E-state index in [1.54, 1.807) is 6.07 Å². The molecule has 1 N–H and O–H groups in total. The summed E-state index contributed by atoms with van der Waals surface area (Å²) in [7, 11) is 1.48. The largest absolute Gasteiger partial charge is 0.490 e. The van der Waals surface area contributed by atoms with Gasteiger partial charge in [-0.2, -0.15) is 0 Å². The van der Waals surface area contributed by atoms with E-state index in [1.165, 1.54) is 22.1 Å². The number of benzene rings is 1. The number of halogens is 3. The van der Waals surface area contributed by atoms with Crippen molar-refractivity contribution in [3.63, 3.8) is 0 Å². The van der Waals surface area contributed by atoms with E-state index >= 15 is 0 Å². The van der Waals surface area contributed by atoms with Crippen LogP contribution in [0, 0.1) is 5.82 Å². The zero-order valence-corrected chi connectivity index (χ0v) is 16.4. The maximum absolute atomic E-state index is 14.1. The molecule has 0 bridgehead atoms. The number of carbonyl (C=O) groups is 1. The van der Waals surface area contributed by atoms with Gasteiger partial charge in [-0.05, 0) is 18.1 Å². The average molecular weight is 501 g/mol. The second-order valence-electron chi connectivity index (χ2n) is 4.62. The van der Waals surface area contributed by atoms with Gasteiger partial charge < -0.3 is 10.1 Å². The van der Waals surface area contributed by atoms with E-state index in [-0.39, 0.29) is 17.5 Å². The van der Waals surface area contributed by atoms with Crippen molar-refractivity contribution in [1.29, 1.82) is 0 Å². The molecule has 0 saturated heterocycles. The summed E-state index contributed by atoms with van der Waals surface area (Å²) in [4.78, 5) is 11.0. The van der Waals surface area contributed by atoms with Gasteiger partial charge in [0.1, 0.15) is 0 Å². The van der Waals surface area contributed by atoms with Crippen LogP contribution in [-0.4, -0.2) is 28.4 Å². The maximum Gasteiger partial charge on any atom is 0.216 e. The summed E-state index contributed by atoms with van der Waals surface area (Å²) in [6, 6.07) is 3.23. The Bertz CT molecular complexity index is 680. The fourth-order valence-corrected chi connectivity index (χ4v) is 3.68. The zero-order chi connectivity index (χ0) is 16.1. The number of carbonyl (C=O) groups excluding carboxylic acids is 1. The second-order valence-corrected chi connectivity index (χ2v) is 7.13. The molecule has 1 aromatic carbocycles. The van der Waals surface area contributed by atoms with Gasteiger partial charge in [0.05, 0.1) is 12.1 Å². The van der Waals surface area contributed by atoms with E-state index in [9.17, 15) is 9.18 Å². The van der Waals surface area contributed by atoms with Gasteiger partial charge in [-0.25, -0.2) is 4.39 Å². The van der Waals surface area contributed by atoms with Gasteiger partial charge in [0, 0.05) is 66.8 Å². The van der Waals surface area contributed by atoms with Gasteiger partial charge in [0.2, 0.25) is 5.91 Å². The lowest BCUT2D eigenvalue weighted by molar-refractivity contribution is -0.118. The molecule has 8 heteroatoms. The molecule has 2 aromatic rings. The fourth-order valence-electron chi connectivity index (χ4n) is 2.15. The average Bonchev–Trinajstić information content (AvgIpc) is 2.81. The molecule has 22 heavy (non-hydrogen) atoms. The monoisotopic (exact) mass is 500 g/mol. The number of hydrogen-bond acceptors (Lipinski definition) is 3. The van der Waals surface area contributed by atoms with Crippen molar-refractivity contribution < 1.29 is 13.9 Å². The zero-order valence-electron chi connectivity index (χ0n) is 11.9. The van der Waals surface area contributed by atoms with E-state index in [0.29, 0.717) is 24.9 Å². The highest BCUT2D eigenvalue weighted by molar-refractivity contribution is 14.2. The highest BCUT2D eigenvalue weighted by atomic mass is 127. The molecule has 0 aliphatic carbocycles. The number of nitrogens with zero attached hydrogens (tertiary/aromatic N) is 1. The van der Waals surface area contributed by atoms with E-state index in [1.807, 2.05) is 10.2 Å². The smallest absolute Gasteiger partial charge is 0.216 e. The standard InChI is InChI=1S/C14H15BrFIN2O2S/c1-9(20)18-4-2-10-8-19(22-17)13-7-12(16)14(6-11(10)13)21-5-3-15/h6-8H,2-5H2,1H3,(H,18,20). The molecule has 1 amide bonds. The number of alkyl halides is 1. The lowest BCUT2D eigenvalue weighted by atomic mass is 10.1. The molecule has 0 aliphatic rings. The van der Waals surface area contributed by atoms with Crippen molar-refractivity contribution in [2.75, 3.05) is 18.5 Å². The Hall–Kier alpha value is -0.480. The molecule has 2 rings (SSSR count). The number of aromatic nitrogens is 1. The first-order chi connectivity index (χ1) is 10.6. The maximum atomic E-state index is 14.1. The predicted molar refractivity (Wildman–Crippen MR) is 101 cm³/mol. The summed E-state index contributed by atoms with van der Waals surface area (Å²) in [5.41, 5.74) is 1.86. The minimum Gasteiger partial charge on any atom is -0.490 e. The second kappa shape index (κ2) is 8.39. The predicted octanol–water partition coefficient (Wildman–Crippen LogP) is 4.08. The van der Waals surface area contributed by atoms with Crippen molar-refractivity contribution in [3.05, 3.63) is 29.7 Å². The Kier molecular flexibility index (Phi) is 6.82. The van der Waals surface area contributed by atoms with Crippen LogP contribution >= 0.6 is 46.3 Å². The van der Waals surface area contributed by atoms with Crippen LogP contribution in [0.4, 0.5) is 4.39 Å². The molecule has 120 valence electrons. The number of amides is 1. The van der Waals surface area contributed by atoms with Crippen LogP contribution in [0.25, 0.3) is 10.9 Å². The highest BCUT2D eigenvalue weighted by Crippen LogP contribution is 2.33. The summed E-state index contributed by atoms with van der Waals surface area (Å²) >= 11 is 5.42. The first-order valence-corrected chi connectivity index (χ1v) is 11.1. The third kappa shape index (κ3) is 4.29. The SMILES string of the molecule is CC(=O)NCCc1cn(SI)c2cc(F)c(OCCBr)cc12. The number of fused-ring (bicyclic) bond motifs is 1. The number of nitrogens with one attached hydrogen (secondary N) is 1. The first-order valence-electron chi connectivity index (χ1n) is 6.62. The van der Waals surface area contributed by atoms with Gasteiger partial charge in [-0.1, -0.05) is 15.9 Å². The molecule has 1 heterocycles. The summed E-state index contributed by atoms with van der Waals surface area (Å²) in [5.74, 6) is -0.171. The molecule has 4 nitrogen and oxygen atoms in total. The highest BCUT2D eigenvalue weighted by Gasteiger charge is 2.14. The Morgan fingerprint density at radius 3 is 2.95 bits per heavy atom. The molecule has 0 aliphatic heterocycles. The van der Waals surface area contributed by atoms with Gasteiger partial charge in [-0.15, -0.1) is 0 Å². The molecule has 0 saturated carbocycles. The van der Waals surface area contributed by atoms with E-state index in [2.05, 4.69) is 42.5 Å². The minimum atomic E-state index is -0.369. The lowest BCUT2D eigenvalue weighted by Crippen LogP contribution is -2.22. The van der Waals surface area contributed by atoms with Crippen molar-refractivity contribution in [2.24, 2.45) is 0 Å². The summed E-state index contributed by atoms with van der Waals surface area (Å²) in [6.45, 7) is 2.45. The number of rotatable bonds is 7. The minimum absolute atomic E-state index is 0.0561. The Morgan fingerprint density at radius 1 is 1.55 bits per heavy atom. The van der Waals surface area contributed by atoms with E-state index < -0.39 is 0 Å². The van der Waals surface area contributed by atoms with Gasteiger partial charge in [-0.3, -0.25) is 8.77 Å². The molecule has 0 radical (unpaired) electrons. The molecular weight excluding hydrogens is 486 g/mol. The molecule has 0 spiro atoms. The van der Waals surface area contributed by atoms with Crippen LogP contribution in [0.15, 0.2) is 18.3 Å². The molecule has 0 atom stereocenters. The quantitative estimate of drug-likeness (QED) is 0.460. The topological polar surface area (TPSA) is 43.3 Å². The third-order valence-corrected chi connectivity index (χ3v) is 5.13. The fraction of sp³-hybridized carbons (Fsp3) is 0.357. The number of hydrogen-bond donors (Lipinski definition) is 1. The van der Waals surface area contributed by atoms with Crippen LogP contribution in [-0.2, 0) is 11.2 Å². The third-order valence-electron chi connectivity index (χ3n) is 3.08. The Morgan fingerprint density at radius 2 is 2.32 bits per heavy atom. The van der Waals surface area contributed by atoms with Crippen LogP contribution in [0.3, 0.4) is 0 Å². The van der Waals surface area contributed by atoms with Crippen LogP contribution < -0.4 is 10.1 Å². The van der Waals surface area contributed by atoms with Crippen molar-refractivity contribution in [2.45, 2.75) is 13.3 Å². The van der Waals surface area contributed by atoms with Gasteiger partial charge in [0.25, 0.3) is 0 Å². The Balaban J connectivity index is 2.35. The van der Waals surface area contributed by atoms with Gasteiger partial charge in [0.15, 0.2) is 11.6 Å². The van der Waals surface area contributed by atoms with E-state index in [0.717, 1.165) is 16.5 Å². The molecule has 0 fully saturated rings. The normalized spacial score (nSPS) is 10.9. The van der Waals surface area contributed by atoms with Crippen molar-refractivity contribution in [1.82, 2.24) is 9.29 Å². The summed E-state index contributed by atoms with van der Waals surface area (Å²) in [6.07, 6.45) is 2.65. The molecule has 1 aromatic heterocycles. The lowest BCUT2D eigenvalue weighted by Gasteiger charge is -2.07.